The molecular formula is C40H60N2O33. The van der Waals surface area contributed by atoms with Crippen molar-refractivity contribution in [2.24, 2.45) is 0 Å². The highest BCUT2D eigenvalue weighted by Crippen LogP contribution is 2.37. The van der Waals surface area contributed by atoms with Gasteiger partial charge in [0.25, 0.3) is 0 Å². The minimum atomic E-state index is -2.45. The van der Waals surface area contributed by atoms with Crippen LogP contribution in [0.2, 0.25) is 0 Å². The monoisotopic (exact) mass is 1100 g/mol. The van der Waals surface area contributed by atoms with Crippen LogP contribution in [0.25, 0.3) is 0 Å². The van der Waals surface area contributed by atoms with Gasteiger partial charge < -0.3 is 149 Å². The molecule has 0 saturated carbocycles. The predicted molar refractivity (Wildman–Crippen MR) is 222 cm³/mol. The number of carbonyl (C=O) groups is 6. The second-order valence-corrected chi connectivity index (χ2v) is 18.1. The van der Waals surface area contributed by atoms with Crippen LogP contribution in [0.5, 0.6) is 0 Å². The number of carboxylic acids is 3. The van der Waals surface area contributed by atoms with Crippen molar-refractivity contribution in [2.75, 3.05) is 19.8 Å². The van der Waals surface area contributed by atoms with E-state index in [4.69, 9.17) is 52.1 Å². The predicted octanol–water partition coefficient (Wildman–Crippen LogP) is -12.6. The summed E-state index contributed by atoms with van der Waals surface area (Å²) in [5.74, 6) is -7.53. The van der Waals surface area contributed by atoms with Crippen molar-refractivity contribution < 1.29 is 163 Å². The Morgan fingerprint density at radius 3 is 1.05 bits per heavy atom. The van der Waals surface area contributed by atoms with E-state index in [0.717, 1.165) is 13.8 Å². The van der Waals surface area contributed by atoms with E-state index in [1.807, 2.05) is 0 Å². The van der Waals surface area contributed by atoms with E-state index in [9.17, 15) is 110 Å². The lowest BCUT2D eigenvalue weighted by molar-refractivity contribution is -0.377. The molecule has 35 heteroatoms. The number of aldehydes is 1. The summed E-state index contributed by atoms with van der Waals surface area (Å²) in [7, 11) is 0. The van der Waals surface area contributed by atoms with Crippen LogP contribution in [0, 0.1) is 0 Å². The molecule has 6 heterocycles. The first kappa shape index (κ1) is 60.3. The summed E-state index contributed by atoms with van der Waals surface area (Å²) in [5.41, 5.74) is 0. The third kappa shape index (κ3) is 12.7. The molecule has 428 valence electrons. The Bertz CT molecular complexity index is 1990. The van der Waals surface area contributed by atoms with Crippen molar-refractivity contribution in [3.8, 4) is 0 Å². The summed E-state index contributed by atoms with van der Waals surface area (Å²) in [4.78, 5) is 73.1. The average Bonchev–Trinajstić information content (AvgIpc) is 3.66. The van der Waals surface area contributed by atoms with E-state index >= 15 is 0 Å². The zero-order valence-electron chi connectivity index (χ0n) is 39.0. The quantitative estimate of drug-likeness (QED) is 0.0534. The van der Waals surface area contributed by atoms with Gasteiger partial charge in [0.05, 0.1) is 19.8 Å². The van der Waals surface area contributed by atoms with Crippen LogP contribution in [0.4, 0.5) is 0 Å². The van der Waals surface area contributed by atoms with Crippen molar-refractivity contribution in [2.45, 2.75) is 192 Å². The van der Waals surface area contributed by atoms with Crippen molar-refractivity contribution in [3.63, 3.8) is 0 Å². The number of aliphatic carboxylic acids is 3. The van der Waals surface area contributed by atoms with Gasteiger partial charge in [0, 0.05) is 13.8 Å². The van der Waals surface area contributed by atoms with E-state index < -0.39 is 227 Å². The Labute approximate surface area is 420 Å². The number of aliphatic hydroxyl groups is 13. The van der Waals surface area contributed by atoms with Crippen LogP contribution in [-0.4, -0.2) is 315 Å². The number of carboxylic acid groups (broad SMARTS) is 3. The van der Waals surface area contributed by atoms with Gasteiger partial charge in [-0.25, -0.2) is 14.4 Å². The van der Waals surface area contributed by atoms with E-state index in [-0.39, 0.29) is 6.29 Å². The smallest absolute Gasteiger partial charge is 0.335 e. The van der Waals surface area contributed by atoms with Gasteiger partial charge >= 0.3 is 17.9 Å². The molecule has 2 amide bonds. The summed E-state index contributed by atoms with van der Waals surface area (Å²) in [6, 6.07) is -3.81. The topological polar surface area (TPSA) is 552 Å². The first-order chi connectivity index (χ1) is 35.3. The summed E-state index contributed by atoms with van der Waals surface area (Å²) >= 11 is 0. The van der Waals surface area contributed by atoms with Crippen molar-refractivity contribution >= 4 is 36.0 Å². The van der Waals surface area contributed by atoms with E-state index in [1.54, 1.807) is 0 Å². The van der Waals surface area contributed by atoms with Crippen molar-refractivity contribution in [1.82, 2.24) is 10.6 Å². The Balaban J connectivity index is 1.18. The molecule has 0 aromatic heterocycles. The van der Waals surface area contributed by atoms with Crippen LogP contribution >= 0.6 is 0 Å². The maximum Gasteiger partial charge on any atom is 0.335 e. The summed E-state index contributed by atoms with van der Waals surface area (Å²) < 4.78 is 60.6. The lowest BCUT2D eigenvalue weighted by Crippen LogP contribution is -2.71. The van der Waals surface area contributed by atoms with Crippen molar-refractivity contribution in [1.29, 1.82) is 0 Å². The number of hydrogen-bond donors (Lipinski definition) is 18. The number of aliphatic hydroxyl groups excluding tert-OH is 13. The van der Waals surface area contributed by atoms with E-state index in [0.29, 0.717) is 0 Å². The first-order valence-electron chi connectivity index (χ1n) is 22.8. The number of carbonyl (C=O) groups excluding carboxylic acids is 3. The SMILES string of the molecule is CC(=O)N[C@H]1[C@@H](O[C@H]2[C@H](O)[C@@H](O)[C@H](O[C@H]3[C@H](O)[C@@H](NC(C)=O)[C@@H](O[C@H]4[C@H](O)[C@@H](O)[C@H](O[C@H]5[C@H](O)[C@@H](C=O)O[C@@H]5CO)O[C@@H]4C(=O)O)O[C@@H]3CO)O[C@@H]2C(=O)O)O[C@H](CO)[C@@H](O[C@@H]2O[C@H](C(=O)O)[C@@H](O)[C@H](O)[C@H]2O)[C@@H]1O. The molecule has 6 saturated heterocycles. The van der Waals surface area contributed by atoms with E-state index in [1.165, 1.54) is 0 Å². The highest BCUT2D eigenvalue weighted by Gasteiger charge is 2.59. The van der Waals surface area contributed by atoms with Crippen LogP contribution in [0.15, 0.2) is 0 Å². The van der Waals surface area contributed by atoms with Crippen LogP contribution < -0.4 is 10.6 Å². The van der Waals surface area contributed by atoms with Gasteiger partial charge in [0.2, 0.25) is 11.8 Å². The molecule has 0 aromatic carbocycles. The fourth-order valence-electron chi connectivity index (χ4n) is 9.21. The van der Waals surface area contributed by atoms with Gasteiger partial charge in [-0.1, -0.05) is 0 Å². The zero-order valence-corrected chi connectivity index (χ0v) is 39.0. The van der Waals surface area contributed by atoms with Gasteiger partial charge in [-0.05, 0) is 0 Å². The Hall–Kier alpha value is -3.94. The molecule has 6 aliphatic heterocycles. The number of ether oxygens (including phenoxy) is 11. The zero-order chi connectivity index (χ0) is 55.7. The highest BCUT2D eigenvalue weighted by molar-refractivity contribution is 5.75. The van der Waals surface area contributed by atoms with Crippen LogP contribution in [0.1, 0.15) is 13.8 Å². The molecule has 18 N–H and O–H groups in total. The molecule has 6 rings (SSSR count). The maximum absolute atomic E-state index is 12.8. The van der Waals surface area contributed by atoms with Crippen LogP contribution in [0.3, 0.4) is 0 Å². The molecule has 0 aliphatic carbocycles. The average molecular weight is 1100 g/mol. The van der Waals surface area contributed by atoms with Crippen LogP contribution in [-0.2, 0) is 80.9 Å². The summed E-state index contributed by atoms with van der Waals surface area (Å²) in [6.07, 6.45) is -56.3. The van der Waals surface area contributed by atoms with Gasteiger partial charge in [0.1, 0.15) is 128 Å². The number of hydrogen-bond acceptors (Lipinski definition) is 30. The molecule has 0 bridgehead atoms. The lowest BCUT2D eigenvalue weighted by atomic mass is 9.93. The molecular weight excluding hydrogens is 1040 g/mol. The fourth-order valence-corrected chi connectivity index (χ4v) is 9.21. The second kappa shape index (κ2) is 25.2. The summed E-state index contributed by atoms with van der Waals surface area (Å²) in [6.45, 7) is -1.28. The standard InChI is InChI=1S/C40H60N2O33/c1-7(47)41-13-16(50)26(69-38-22(56)18(52)19(53)30(73-38)33(59)60)11(5-45)66-36(13)72-29-21(55)24(58)40(75-32(29)35(63)64)70-27-12(6-46)67-37(14(17(27)51)42-8(2)48)71-28-20(54)23(57)39(74-31(28)34(61)62)68-25-10(4-44)65-9(3-43)15(25)49/h3,9-32,36-40,44-46,49-58H,4-6H2,1-2H3,(H,41,47)(H,42,48)(H,59,60)(H,61,62)(H,63,64)/t9-,10-,11-,12-,13-,14-,15-,16-,17-,18+,19+,20-,21-,22-,23-,24-,25-,26-,27-,28+,29+,30+,31+,32+,36-,37-,38-,39-,40-/m1/s1. The molecule has 0 unspecified atom stereocenters. The van der Waals surface area contributed by atoms with Gasteiger partial charge in [0.15, 0.2) is 56.0 Å². The summed E-state index contributed by atoms with van der Waals surface area (Å²) in [5, 5.41) is 174. The molecule has 75 heavy (non-hydrogen) atoms. The molecule has 6 fully saturated rings. The van der Waals surface area contributed by atoms with Gasteiger partial charge in [-0.15, -0.1) is 0 Å². The fraction of sp³-hybridized carbons (Fsp3) is 0.850. The minimum Gasteiger partial charge on any atom is -0.479 e. The van der Waals surface area contributed by atoms with Crippen molar-refractivity contribution in [3.05, 3.63) is 0 Å². The maximum atomic E-state index is 12.8. The second-order valence-electron chi connectivity index (χ2n) is 18.1. The first-order valence-corrected chi connectivity index (χ1v) is 22.8. The largest absolute Gasteiger partial charge is 0.479 e. The minimum absolute atomic E-state index is 0.185. The third-order valence-corrected chi connectivity index (χ3v) is 13.0. The Morgan fingerprint density at radius 1 is 0.400 bits per heavy atom. The molecule has 29 atom stereocenters. The third-order valence-electron chi connectivity index (χ3n) is 13.0. The van der Waals surface area contributed by atoms with Gasteiger partial charge in [-0.3, -0.25) is 9.59 Å². The molecule has 35 nitrogen and oxygen atoms in total. The Morgan fingerprint density at radius 2 is 0.720 bits per heavy atom. The Kier molecular flexibility index (Phi) is 20.3. The normalized spacial score (nSPS) is 47.3. The lowest BCUT2D eigenvalue weighted by Gasteiger charge is -2.50. The molecule has 0 aromatic rings. The molecule has 0 spiro atoms. The molecule has 6 aliphatic rings. The number of nitrogens with one attached hydrogen (secondary N) is 2. The van der Waals surface area contributed by atoms with E-state index in [2.05, 4.69) is 10.6 Å². The van der Waals surface area contributed by atoms with Gasteiger partial charge in [-0.2, -0.15) is 0 Å². The molecule has 0 radical (unpaired) electrons. The highest BCUT2D eigenvalue weighted by atomic mass is 16.8. The number of rotatable bonds is 19. The number of amides is 2.